The van der Waals surface area contributed by atoms with Crippen LogP contribution in [0.1, 0.15) is 30.9 Å². The van der Waals surface area contributed by atoms with Crippen LogP contribution in [0, 0.1) is 11.3 Å². The zero-order valence-corrected chi connectivity index (χ0v) is 12.1. The summed E-state index contributed by atoms with van der Waals surface area (Å²) in [6.45, 7) is 5.55. The van der Waals surface area contributed by atoms with Crippen LogP contribution in [0.5, 0.6) is 0 Å². The smallest absolute Gasteiger partial charge is 0.100 e. The molecular weight excluding hydrogens is 256 g/mol. The Morgan fingerprint density at radius 2 is 2.21 bits per heavy atom. The van der Waals surface area contributed by atoms with Gasteiger partial charge >= 0.3 is 0 Å². The van der Waals surface area contributed by atoms with E-state index in [-0.39, 0.29) is 0 Å². The van der Waals surface area contributed by atoms with Gasteiger partial charge in [0.15, 0.2) is 0 Å². The van der Waals surface area contributed by atoms with E-state index in [1.54, 1.807) is 0 Å². The zero-order valence-electron chi connectivity index (χ0n) is 11.3. The van der Waals surface area contributed by atoms with Crippen molar-refractivity contribution < 1.29 is 4.74 Å². The Morgan fingerprint density at radius 1 is 1.42 bits per heavy atom. The summed E-state index contributed by atoms with van der Waals surface area (Å²) < 4.78 is 5.37. The lowest BCUT2D eigenvalue weighted by Gasteiger charge is -2.22. The van der Waals surface area contributed by atoms with Gasteiger partial charge in [0.25, 0.3) is 0 Å². The maximum atomic E-state index is 9.29. The third kappa shape index (κ3) is 4.24. The lowest BCUT2D eigenvalue weighted by molar-refractivity contribution is 0.100. The van der Waals surface area contributed by atoms with Crippen LogP contribution in [-0.2, 0) is 11.3 Å². The minimum atomic E-state index is 0.584. The molecule has 1 N–H and O–H groups in total. The van der Waals surface area contributed by atoms with Gasteiger partial charge in [-0.25, -0.2) is 0 Å². The molecule has 2 rings (SSSR count). The van der Waals surface area contributed by atoms with Gasteiger partial charge in [-0.2, -0.15) is 5.26 Å². The number of hydrogen-bond donors (Lipinski definition) is 1. The number of nitrogens with zero attached hydrogens (tertiary/aromatic N) is 1. The van der Waals surface area contributed by atoms with Gasteiger partial charge in [-0.1, -0.05) is 13.0 Å². The number of nitrogens with one attached hydrogen (secondary N) is 1. The summed E-state index contributed by atoms with van der Waals surface area (Å²) in [6, 6.07) is 8.53. The number of nitriles is 1. The van der Waals surface area contributed by atoms with E-state index in [0.717, 1.165) is 49.6 Å². The fourth-order valence-electron chi connectivity index (χ4n) is 2.12. The highest BCUT2D eigenvalue weighted by Crippen LogP contribution is 2.32. The van der Waals surface area contributed by atoms with E-state index in [0.29, 0.717) is 5.25 Å². The van der Waals surface area contributed by atoms with Crippen molar-refractivity contribution in [2.24, 2.45) is 0 Å². The first kappa shape index (κ1) is 14.4. The summed E-state index contributed by atoms with van der Waals surface area (Å²) in [5.41, 5.74) is 1.97. The molecule has 0 bridgehead atoms. The molecule has 1 fully saturated rings. The lowest BCUT2D eigenvalue weighted by Crippen LogP contribution is -2.17. The first-order valence-corrected chi connectivity index (χ1v) is 7.69. The summed E-state index contributed by atoms with van der Waals surface area (Å²) in [5, 5.41) is 13.2. The second-order valence-corrected chi connectivity index (χ2v) is 5.99. The Morgan fingerprint density at radius 3 is 2.89 bits per heavy atom. The maximum Gasteiger partial charge on any atom is 0.100 e. The van der Waals surface area contributed by atoms with E-state index in [1.165, 1.54) is 5.56 Å². The SMILES string of the molecule is CCNCc1ccc(SC2CCOCC2)c(C#N)c1. The highest BCUT2D eigenvalue weighted by Gasteiger charge is 2.16. The Balaban J connectivity index is 2.05. The van der Waals surface area contributed by atoms with Crippen molar-refractivity contribution in [2.45, 2.75) is 36.5 Å². The second-order valence-electron chi connectivity index (χ2n) is 4.65. The predicted octanol–water partition coefficient (Wildman–Crippen LogP) is 2.94. The molecule has 1 aromatic carbocycles. The molecule has 0 saturated carbocycles. The highest BCUT2D eigenvalue weighted by molar-refractivity contribution is 8.00. The lowest BCUT2D eigenvalue weighted by atomic mass is 10.1. The Kier molecular flexibility index (Phi) is 5.71. The van der Waals surface area contributed by atoms with Crippen LogP contribution in [0.4, 0.5) is 0 Å². The Hall–Kier alpha value is -1.02. The topological polar surface area (TPSA) is 45.0 Å². The van der Waals surface area contributed by atoms with Gasteiger partial charge in [-0.3, -0.25) is 0 Å². The van der Waals surface area contributed by atoms with Crippen molar-refractivity contribution in [3.63, 3.8) is 0 Å². The molecule has 3 nitrogen and oxygen atoms in total. The van der Waals surface area contributed by atoms with Gasteiger partial charge in [0.1, 0.15) is 6.07 Å². The van der Waals surface area contributed by atoms with Gasteiger partial charge in [0.05, 0.1) is 5.56 Å². The minimum Gasteiger partial charge on any atom is -0.381 e. The van der Waals surface area contributed by atoms with Crippen molar-refractivity contribution in [2.75, 3.05) is 19.8 Å². The summed E-state index contributed by atoms with van der Waals surface area (Å²) in [7, 11) is 0. The molecule has 0 aromatic heterocycles. The van der Waals surface area contributed by atoms with Crippen LogP contribution in [-0.4, -0.2) is 25.0 Å². The summed E-state index contributed by atoms with van der Waals surface area (Å²) in [6.07, 6.45) is 2.16. The molecular formula is C15H20N2OS. The zero-order chi connectivity index (χ0) is 13.5. The van der Waals surface area contributed by atoms with Crippen LogP contribution >= 0.6 is 11.8 Å². The molecule has 0 radical (unpaired) electrons. The van der Waals surface area contributed by atoms with Crippen molar-refractivity contribution in [3.05, 3.63) is 29.3 Å². The van der Waals surface area contributed by atoms with Crippen molar-refractivity contribution in [1.82, 2.24) is 5.32 Å². The second kappa shape index (κ2) is 7.54. The van der Waals surface area contributed by atoms with Crippen molar-refractivity contribution in [1.29, 1.82) is 5.26 Å². The number of thioether (sulfide) groups is 1. The quantitative estimate of drug-likeness (QED) is 0.898. The van der Waals surface area contributed by atoms with Crippen molar-refractivity contribution >= 4 is 11.8 Å². The molecule has 0 spiro atoms. The van der Waals surface area contributed by atoms with Gasteiger partial charge in [-0.15, -0.1) is 11.8 Å². The maximum absolute atomic E-state index is 9.29. The van der Waals surface area contributed by atoms with E-state index in [4.69, 9.17) is 4.74 Å². The number of benzene rings is 1. The van der Waals surface area contributed by atoms with Gasteiger partial charge in [-0.05, 0) is 37.1 Å². The molecule has 1 aromatic rings. The standard InChI is InChI=1S/C15H20N2OS/c1-2-17-11-12-3-4-15(13(9-12)10-16)19-14-5-7-18-8-6-14/h3-4,9,14,17H,2,5-8,11H2,1H3. The summed E-state index contributed by atoms with van der Waals surface area (Å²) in [4.78, 5) is 1.11. The summed E-state index contributed by atoms with van der Waals surface area (Å²) in [5.74, 6) is 0. The van der Waals surface area contributed by atoms with Crippen LogP contribution in [0.15, 0.2) is 23.1 Å². The van der Waals surface area contributed by atoms with E-state index in [9.17, 15) is 5.26 Å². The first-order valence-electron chi connectivity index (χ1n) is 6.81. The van der Waals surface area contributed by atoms with E-state index >= 15 is 0 Å². The largest absolute Gasteiger partial charge is 0.381 e. The molecule has 1 saturated heterocycles. The fraction of sp³-hybridized carbons (Fsp3) is 0.533. The average Bonchev–Trinajstić information content (AvgIpc) is 2.47. The van der Waals surface area contributed by atoms with Crippen LogP contribution < -0.4 is 5.32 Å². The molecule has 102 valence electrons. The minimum absolute atomic E-state index is 0.584. The molecule has 0 unspecified atom stereocenters. The van der Waals surface area contributed by atoms with E-state index in [2.05, 4.69) is 30.4 Å². The molecule has 0 amide bonds. The molecule has 19 heavy (non-hydrogen) atoms. The van der Waals surface area contributed by atoms with E-state index < -0.39 is 0 Å². The molecule has 0 atom stereocenters. The third-order valence-corrected chi connectivity index (χ3v) is 4.62. The number of ether oxygens (including phenoxy) is 1. The Bertz CT molecular complexity index is 450. The Labute approximate surface area is 119 Å². The monoisotopic (exact) mass is 276 g/mol. The van der Waals surface area contributed by atoms with Crippen LogP contribution in [0.25, 0.3) is 0 Å². The van der Waals surface area contributed by atoms with Crippen LogP contribution in [0.2, 0.25) is 0 Å². The van der Waals surface area contributed by atoms with E-state index in [1.807, 2.05) is 17.8 Å². The molecule has 1 heterocycles. The first-order chi connectivity index (χ1) is 9.33. The normalized spacial score (nSPS) is 16.2. The fourth-order valence-corrected chi connectivity index (χ4v) is 3.29. The highest BCUT2D eigenvalue weighted by atomic mass is 32.2. The molecule has 1 aliphatic heterocycles. The molecule has 1 aliphatic rings. The van der Waals surface area contributed by atoms with Crippen molar-refractivity contribution in [3.8, 4) is 6.07 Å². The van der Waals surface area contributed by atoms with Gasteiger partial charge < -0.3 is 10.1 Å². The molecule has 4 heteroatoms. The average molecular weight is 276 g/mol. The number of rotatable bonds is 5. The molecule has 0 aliphatic carbocycles. The summed E-state index contributed by atoms with van der Waals surface area (Å²) >= 11 is 1.83. The third-order valence-electron chi connectivity index (χ3n) is 3.21. The number of hydrogen-bond acceptors (Lipinski definition) is 4. The van der Waals surface area contributed by atoms with Crippen LogP contribution in [0.3, 0.4) is 0 Å². The predicted molar refractivity (Wildman–Crippen MR) is 78.2 cm³/mol. The van der Waals surface area contributed by atoms with Gasteiger partial charge in [0.2, 0.25) is 0 Å². The van der Waals surface area contributed by atoms with Gasteiger partial charge in [0, 0.05) is 29.9 Å².